The summed E-state index contributed by atoms with van der Waals surface area (Å²) >= 11 is 0. The summed E-state index contributed by atoms with van der Waals surface area (Å²) in [6.07, 6.45) is 11.6. The molecule has 6 heteroatoms. The highest BCUT2D eigenvalue weighted by Crippen LogP contribution is 2.23. The first-order valence-electron chi connectivity index (χ1n) is 10.0. The Kier molecular flexibility index (Phi) is 13.7. The van der Waals surface area contributed by atoms with E-state index in [-0.39, 0.29) is 24.0 Å². The smallest absolute Gasteiger partial charge is 0.191 e. The third kappa shape index (κ3) is 10.4. The molecule has 5 nitrogen and oxygen atoms in total. The summed E-state index contributed by atoms with van der Waals surface area (Å²) in [5, 5.41) is 6.92. The molecule has 2 N–H and O–H groups in total. The molecule has 0 bridgehead atoms. The minimum Gasteiger partial charge on any atom is -0.469 e. The molecule has 1 saturated carbocycles. The van der Waals surface area contributed by atoms with Crippen LogP contribution in [0.4, 0.5) is 0 Å². The highest BCUT2D eigenvalue weighted by atomic mass is 127. The van der Waals surface area contributed by atoms with Gasteiger partial charge in [0.1, 0.15) is 5.76 Å². The number of halogens is 1. The zero-order valence-electron chi connectivity index (χ0n) is 16.2. The van der Waals surface area contributed by atoms with Gasteiger partial charge >= 0.3 is 0 Å². The van der Waals surface area contributed by atoms with Gasteiger partial charge < -0.3 is 19.8 Å². The van der Waals surface area contributed by atoms with Crippen LogP contribution >= 0.6 is 24.0 Å². The summed E-state index contributed by atoms with van der Waals surface area (Å²) < 4.78 is 10.8. The molecule has 150 valence electrons. The Morgan fingerprint density at radius 3 is 2.73 bits per heavy atom. The van der Waals surface area contributed by atoms with Gasteiger partial charge in [-0.1, -0.05) is 19.3 Å². The van der Waals surface area contributed by atoms with Crippen LogP contribution in [0.25, 0.3) is 0 Å². The van der Waals surface area contributed by atoms with Gasteiger partial charge in [0.15, 0.2) is 5.96 Å². The third-order valence-corrected chi connectivity index (χ3v) is 4.69. The number of hydrogen-bond acceptors (Lipinski definition) is 3. The Hall–Kier alpha value is -0.760. The summed E-state index contributed by atoms with van der Waals surface area (Å²) in [5.41, 5.74) is 0. The number of hydrogen-bond donors (Lipinski definition) is 2. The molecule has 1 fully saturated rings. The van der Waals surface area contributed by atoms with Crippen LogP contribution in [0.2, 0.25) is 0 Å². The van der Waals surface area contributed by atoms with E-state index in [1.165, 1.54) is 32.1 Å². The summed E-state index contributed by atoms with van der Waals surface area (Å²) in [6.45, 7) is 6.40. The maximum absolute atomic E-state index is 5.39. The summed E-state index contributed by atoms with van der Waals surface area (Å²) in [7, 11) is 0. The van der Waals surface area contributed by atoms with Gasteiger partial charge in [-0.25, -0.2) is 0 Å². The Morgan fingerprint density at radius 2 is 2.00 bits per heavy atom. The predicted octanol–water partition coefficient (Wildman–Crippen LogP) is 4.37. The van der Waals surface area contributed by atoms with Gasteiger partial charge in [0.05, 0.1) is 6.26 Å². The molecule has 0 atom stereocenters. The van der Waals surface area contributed by atoms with E-state index in [0.717, 1.165) is 69.7 Å². The number of aliphatic imine (C=N–C) groups is 1. The molecule has 0 radical (unpaired) electrons. The van der Waals surface area contributed by atoms with E-state index < -0.39 is 0 Å². The molecule has 1 aliphatic carbocycles. The second-order valence-corrected chi connectivity index (χ2v) is 6.78. The number of unbranched alkanes of at least 4 members (excludes halogenated alkanes) is 1. The van der Waals surface area contributed by atoms with Crippen LogP contribution in [0.15, 0.2) is 27.8 Å². The molecule has 1 aliphatic rings. The maximum atomic E-state index is 5.39. The normalized spacial score (nSPS) is 15.5. The van der Waals surface area contributed by atoms with Crippen molar-refractivity contribution in [1.29, 1.82) is 0 Å². The molecule has 2 rings (SSSR count). The van der Waals surface area contributed by atoms with Gasteiger partial charge in [-0.2, -0.15) is 0 Å². The fourth-order valence-corrected chi connectivity index (χ4v) is 3.20. The third-order valence-electron chi connectivity index (χ3n) is 4.69. The Labute approximate surface area is 175 Å². The van der Waals surface area contributed by atoms with Crippen LogP contribution in [0.1, 0.15) is 57.6 Å². The zero-order valence-corrected chi connectivity index (χ0v) is 18.5. The fraction of sp³-hybridized carbons (Fsp3) is 0.750. The van der Waals surface area contributed by atoms with Gasteiger partial charge in [-0.05, 0) is 50.7 Å². The Morgan fingerprint density at radius 1 is 1.19 bits per heavy atom. The number of furan rings is 1. The van der Waals surface area contributed by atoms with E-state index >= 15 is 0 Å². The SMILES string of the molecule is CCOCCCCNC(=NCC1CCCCC1)NCCc1ccco1.I. The van der Waals surface area contributed by atoms with Crippen molar-refractivity contribution in [3.05, 3.63) is 24.2 Å². The van der Waals surface area contributed by atoms with Gasteiger partial charge in [-0.15, -0.1) is 24.0 Å². The monoisotopic (exact) mass is 477 g/mol. The first-order valence-corrected chi connectivity index (χ1v) is 10.0. The van der Waals surface area contributed by atoms with Crippen molar-refractivity contribution in [3.8, 4) is 0 Å². The van der Waals surface area contributed by atoms with Crippen LogP contribution < -0.4 is 10.6 Å². The average molecular weight is 477 g/mol. The van der Waals surface area contributed by atoms with Crippen molar-refractivity contribution in [1.82, 2.24) is 10.6 Å². The number of nitrogens with one attached hydrogen (secondary N) is 2. The summed E-state index contributed by atoms with van der Waals surface area (Å²) in [4.78, 5) is 4.83. The van der Waals surface area contributed by atoms with E-state index in [0.29, 0.717) is 0 Å². The number of nitrogens with zero attached hydrogens (tertiary/aromatic N) is 1. The van der Waals surface area contributed by atoms with Crippen LogP contribution in [0, 0.1) is 5.92 Å². The van der Waals surface area contributed by atoms with Gasteiger partial charge in [0, 0.05) is 39.3 Å². The number of ether oxygens (including phenoxy) is 1. The van der Waals surface area contributed by atoms with Crippen molar-refractivity contribution < 1.29 is 9.15 Å². The topological polar surface area (TPSA) is 58.8 Å². The summed E-state index contributed by atoms with van der Waals surface area (Å²) in [6, 6.07) is 3.95. The predicted molar refractivity (Wildman–Crippen MR) is 118 cm³/mol. The van der Waals surface area contributed by atoms with Crippen molar-refractivity contribution >= 4 is 29.9 Å². The minimum atomic E-state index is 0. The average Bonchev–Trinajstić information content (AvgIpc) is 3.16. The fourth-order valence-electron chi connectivity index (χ4n) is 3.20. The van der Waals surface area contributed by atoms with E-state index in [2.05, 4.69) is 10.6 Å². The quantitative estimate of drug-likeness (QED) is 0.215. The highest BCUT2D eigenvalue weighted by Gasteiger charge is 2.13. The molecule has 0 spiro atoms. The van der Waals surface area contributed by atoms with Gasteiger partial charge in [0.25, 0.3) is 0 Å². The van der Waals surface area contributed by atoms with Crippen molar-refractivity contribution in [3.63, 3.8) is 0 Å². The lowest BCUT2D eigenvalue weighted by Gasteiger charge is -2.20. The standard InChI is InChI=1S/C20H35N3O2.HI/c1-2-24-15-7-6-13-21-20(22-14-12-19-11-8-16-25-19)23-17-18-9-4-3-5-10-18;/h8,11,16,18H,2-7,9-10,12-15,17H2,1H3,(H2,21,22,23);1H. The number of guanidine groups is 1. The lowest BCUT2D eigenvalue weighted by molar-refractivity contribution is 0.143. The molecular formula is C20H36IN3O2. The molecule has 26 heavy (non-hydrogen) atoms. The van der Waals surface area contributed by atoms with E-state index in [9.17, 15) is 0 Å². The lowest BCUT2D eigenvalue weighted by Crippen LogP contribution is -2.39. The first-order chi connectivity index (χ1) is 12.4. The molecule has 0 amide bonds. The van der Waals surface area contributed by atoms with Crippen LogP contribution in [0.5, 0.6) is 0 Å². The van der Waals surface area contributed by atoms with Crippen LogP contribution in [-0.4, -0.2) is 38.8 Å². The Balaban J connectivity index is 0.00000338. The van der Waals surface area contributed by atoms with Crippen LogP contribution in [0.3, 0.4) is 0 Å². The van der Waals surface area contributed by atoms with E-state index in [4.69, 9.17) is 14.1 Å². The lowest BCUT2D eigenvalue weighted by atomic mass is 9.89. The minimum absolute atomic E-state index is 0. The molecular weight excluding hydrogens is 441 g/mol. The zero-order chi connectivity index (χ0) is 17.6. The van der Waals surface area contributed by atoms with Crippen molar-refractivity contribution in [2.75, 3.05) is 32.8 Å². The second kappa shape index (κ2) is 15.3. The first kappa shape index (κ1) is 23.3. The largest absolute Gasteiger partial charge is 0.469 e. The highest BCUT2D eigenvalue weighted by molar-refractivity contribution is 14.0. The van der Waals surface area contributed by atoms with E-state index in [1.54, 1.807) is 6.26 Å². The summed E-state index contributed by atoms with van der Waals surface area (Å²) in [5.74, 6) is 2.71. The van der Waals surface area contributed by atoms with E-state index in [1.807, 2.05) is 19.1 Å². The van der Waals surface area contributed by atoms with Crippen LogP contribution in [-0.2, 0) is 11.2 Å². The molecule has 1 aromatic heterocycles. The van der Waals surface area contributed by atoms with Gasteiger partial charge in [-0.3, -0.25) is 4.99 Å². The molecule has 0 aromatic carbocycles. The molecule has 1 aromatic rings. The number of rotatable bonds is 11. The van der Waals surface area contributed by atoms with Gasteiger partial charge in [0.2, 0.25) is 0 Å². The van der Waals surface area contributed by atoms with Crippen molar-refractivity contribution in [2.24, 2.45) is 10.9 Å². The second-order valence-electron chi connectivity index (χ2n) is 6.78. The van der Waals surface area contributed by atoms with Crippen molar-refractivity contribution in [2.45, 2.75) is 58.3 Å². The molecule has 0 unspecified atom stereocenters. The molecule has 0 aliphatic heterocycles. The molecule has 0 saturated heterocycles. The maximum Gasteiger partial charge on any atom is 0.191 e. The molecule has 1 heterocycles. The Bertz CT molecular complexity index is 460.